The molecule has 0 amide bonds. The van der Waals surface area contributed by atoms with Gasteiger partial charge < -0.3 is 15.8 Å². The highest BCUT2D eigenvalue weighted by molar-refractivity contribution is 5.81. The molecule has 0 bridgehead atoms. The molecule has 0 aliphatic carbocycles. The zero-order valence-electron chi connectivity index (χ0n) is 24.9. The number of aryl methyl sites for hydroxylation is 3. The second kappa shape index (κ2) is 15.5. The summed E-state index contributed by atoms with van der Waals surface area (Å²) in [5.41, 5.74) is 7.66. The molecule has 0 radical (unpaired) electrons. The van der Waals surface area contributed by atoms with Crippen molar-refractivity contribution in [2.45, 2.75) is 92.4 Å². The number of unbranched alkanes of at least 4 members (excludes halogenated alkanes) is 1. The minimum atomic E-state index is 0.451. The summed E-state index contributed by atoms with van der Waals surface area (Å²) in [6.45, 7) is 11.2. The third kappa shape index (κ3) is 9.27. The standard InChI is InChI=1S/C36H50N2O/c1-6-9-13-30-24-29(22-27(5)36(30)39)16-19-32(37)25-31(35(8-3)26(4)7-2)23-28-17-20-34(21-18-28)38-33-14-11-10-12-15-33/h10-12,14-15,17-18,20-22,24,26,31,35,37-39H,6-9,13,16,19,23,25H2,1-5H3. The van der Waals surface area contributed by atoms with Gasteiger partial charge in [0.25, 0.3) is 0 Å². The Hall–Kier alpha value is -3.07. The van der Waals surface area contributed by atoms with Crippen LogP contribution in [-0.2, 0) is 19.3 Å². The molecule has 3 unspecified atom stereocenters. The molecule has 0 aromatic heterocycles. The predicted octanol–water partition coefficient (Wildman–Crippen LogP) is 10.1. The predicted molar refractivity (Wildman–Crippen MR) is 169 cm³/mol. The third-order valence-corrected chi connectivity index (χ3v) is 8.43. The van der Waals surface area contributed by atoms with E-state index in [1.807, 2.05) is 25.1 Å². The van der Waals surface area contributed by atoms with Crippen molar-refractivity contribution in [1.29, 1.82) is 5.41 Å². The second-order valence-corrected chi connectivity index (χ2v) is 11.4. The van der Waals surface area contributed by atoms with Crippen molar-refractivity contribution < 1.29 is 5.11 Å². The molecule has 3 aromatic carbocycles. The molecule has 0 saturated heterocycles. The van der Waals surface area contributed by atoms with E-state index in [9.17, 15) is 5.11 Å². The fourth-order valence-corrected chi connectivity index (χ4v) is 5.94. The molecular formula is C36H50N2O. The molecule has 39 heavy (non-hydrogen) atoms. The number of phenolic OH excluding ortho intramolecular Hbond substituents is 1. The van der Waals surface area contributed by atoms with Crippen LogP contribution < -0.4 is 5.32 Å². The van der Waals surface area contributed by atoms with Gasteiger partial charge in [0.05, 0.1) is 0 Å². The Balaban J connectivity index is 1.68. The van der Waals surface area contributed by atoms with Gasteiger partial charge in [0.15, 0.2) is 0 Å². The van der Waals surface area contributed by atoms with Crippen molar-refractivity contribution in [3.63, 3.8) is 0 Å². The first-order valence-electron chi connectivity index (χ1n) is 15.1. The smallest absolute Gasteiger partial charge is 0.121 e. The van der Waals surface area contributed by atoms with Crippen molar-refractivity contribution in [1.82, 2.24) is 0 Å². The highest BCUT2D eigenvalue weighted by Crippen LogP contribution is 2.33. The van der Waals surface area contributed by atoms with Gasteiger partial charge in [-0.15, -0.1) is 0 Å². The Morgan fingerprint density at radius 1 is 0.872 bits per heavy atom. The van der Waals surface area contributed by atoms with Gasteiger partial charge in [-0.3, -0.25) is 0 Å². The van der Waals surface area contributed by atoms with Crippen LogP contribution in [0, 0.1) is 30.1 Å². The van der Waals surface area contributed by atoms with E-state index in [1.165, 1.54) is 17.5 Å². The zero-order valence-corrected chi connectivity index (χ0v) is 24.9. The van der Waals surface area contributed by atoms with Gasteiger partial charge in [-0.1, -0.05) is 89.4 Å². The van der Waals surface area contributed by atoms with Gasteiger partial charge in [-0.05, 0) is 110 Å². The van der Waals surface area contributed by atoms with Crippen molar-refractivity contribution in [3.8, 4) is 5.75 Å². The number of rotatable bonds is 16. The van der Waals surface area contributed by atoms with Crippen LogP contribution in [0.4, 0.5) is 11.4 Å². The fourth-order valence-electron chi connectivity index (χ4n) is 5.94. The molecule has 3 N–H and O–H groups in total. The van der Waals surface area contributed by atoms with Crippen LogP contribution in [0.15, 0.2) is 66.7 Å². The molecule has 3 heteroatoms. The Kier molecular flexibility index (Phi) is 12.1. The van der Waals surface area contributed by atoms with E-state index >= 15 is 0 Å². The lowest BCUT2D eigenvalue weighted by molar-refractivity contribution is 0.228. The molecule has 0 spiro atoms. The average Bonchev–Trinajstić information content (AvgIpc) is 2.94. The summed E-state index contributed by atoms with van der Waals surface area (Å²) in [6, 6.07) is 23.4. The third-order valence-electron chi connectivity index (χ3n) is 8.43. The van der Waals surface area contributed by atoms with Crippen LogP contribution >= 0.6 is 0 Å². The fraction of sp³-hybridized carbons (Fsp3) is 0.472. The molecule has 3 atom stereocenters. The molecule has 0 aliphatic rings. The first-order valence-corrected chi connectivity index (χ1v) is 15.1. The minimum Gasteiger partial charge on any atom is -0.507 e. The number of aromatic hydroxyl groups is 1. The Labute approximate surface area is 237 Å². The van der Waals surface area contributed by atoms with E-state index in [2.05, 4.69) is 81.5 Å². The Bertz CT molecular complexity index is 1150. The molecule has 210 valence electrons. The van der Waals surface area contributed by atoms with Crippen molar-refractivity contribution >= 4 is 17.1 Å². The van der Waals surface area contributed by atoms with Crippen molar-refractivity contribution in [2.24, 2.45) is 17.8 Å². The number of anilines is 2. The van der Waals surface area contributed by atoms with E-state index in [0.29, 0.717) is 23.5 Å². The summed E-state index contributed by atoms with van der Waals surface area (Å²) in [5.74, 6) is 2.17. The molecule has 0 aliphatic heterocycles. The Morgan fingerprint density at radius 2 is 1.56 bits per heavy atom. The number of hydrogen-bond donors (Lipinski definition) is 3. The number of benzene rings is 3. The quantitative estimate of drug-likeness (QED) is 0.163. The summed E-state index contributed by atoms with van der Waals surface area (Å²) < 4.78 is 0. The van der Waals surface area contributed by atoms with Crippen molar-refractivity contribution in [2.75, 3.05) is 5.32 Å². The topological polar surface area (TPSA) is 56.1 Å². The minimum absolute atomic E-state index is 0.451. The summed E-state index contributed by atoms with van der Waals surface area (Å²) in [5, 5.41) is 22.9. The van der Waals surface area contributed by atoms with E-state index in [-0.39, 0.29) is 0 Å². The lowest BCUT2D eigenvalue weighted by Crippen LogP contribution is -2.25. The average molecular weight is 527 g/mol. The van der Waals surface area contributed by atoms with Gasteiger partial charge in [0.1, 0.15) is 5.75 Å². The molecule has 3 aromatic rings. The first kappa shape index (κ1) is 30.5. The van der Waals surface area contributed by atoms with Gasteiger partial charge in [-0.2, -0.15) is 0 Å². The molecule has 0 fully saturated rings. The monoisotopic (exact) mass is 526 g/mol. The van der Waals surface area contributed by atoms with Gasteiger partial charge in [0.2, 0.25) is 0 Å². The maximum Gasteiger partial charge on any atom is 0.121 e. The molecular weight excluding hydrogens is 476 g/mol. The molecule has 0 heterocycles. The molecule has 3 nitrogen and oxygen atoms in total. The van der Waals surface area contributed by atoms with E-state index < -0.39 is 0 Å². The lowest BCUT2D eigenvalue weighted by atomic mass is 9.74. The number of para-hydroxylation sites is 1. The summed E-state index contributed by atoms with van der Waals surface area (Å²) >= 11 is 0. The highest BCUT2D eigenvalue weighted by Gasteiger charge is 2.26. The van der Waals surface area contributed by atoms with Gasteiger partial charge in [-0.25, -0.2) is 0 Å². The maximum atomic E-state index is 10.5. The number of phenols is 1. The first-order chi connectivity index (χ1) is 18.8. The summed E-state index contributed by atoms with van der Waals surface area (Å²) in [7, 11) is 0. The SMILES string of the molecule is CCCCc1cc(CCC(=N)CC(Cc2ccc(Nc3ccccc3)cc2)C(CC)C(C)CC)cc(C)c1O. The van der Waals surface area contributed by atoms with Crippen LogP contribution in [0.25, 0.3) is 0 Å². The van der Waals surface area contributed by atoms with Crippen LogP contribution in [0.5, 0.6) is 5.75 Å². The van der Waals surface area contributed by atoms with Crippen molar-refractivity contribution in [3.05, 3.63) is 89.0 Å². The van der Waals surface area contributed by atoms with Crippen LogP contribution in [0.3, 0.4) is 0 Å². The van der Waals surface area contributed by atoms with Gasteiger partial charge in [0, 0.05) is 17.1 Å². The molecule has 0 saturated carbocycles. The van der Waals surface area contributed by atoms with E-state index in [4.69, 9.17) is 5.41 Å². The molecule has 3 rings (SSSR count). The summed E-state index contributed by atoms with van der Waals surface area (Å²) in [4.78, 5) is 0. The lowest BCUT2D eigenvalue weighted by Gasteiger charge is -2.31. The zero-order chi connectivity index (χ0) is 28.2. The van der Waals surface area contributed by atoms with Gasteiger partial charge >= 0.3 is 0 Å². The largest absolute Gasteiger partial charge is 0.507 e. The highest BCUT2D eigenvalue weighted by atomic mass is 16.3. The normalized spacial score (nSPS) is 13.6. The van der Waals surface area contributed by atoms with Crippen LogP contribution in [0.1, 0.15) is 88.5 Å². The maximum absolute atomic E-state index is 10.5. The van der Waals surface area contributed by atoms with E-state index in [1.54, 1.807) is 0 Å². The van der Waals surface area contributed by atoms with Crippen LogP contribution in [0.2, 0.25) is 0 Å². The number of hydrogen-bond acceptors (Lipinski definition) is 3. The second-order valence-electron chi connectivity index (χ2n) is 11.4. The Morgan fingerprint density at radius 3 is 2.21 bits per heavy atom. The van der Waals surface area contributed by atoms with Crippen LogP contribution in [-0.4, -0.2) is 10.8 Å². The van der Waals surface area contributed by atoms with E-state index in [0.717, 1.165) is 79.6 Å². The summed E-state index contributed by atoms with van der Waals surface area (Å²) in [6.07, 6.45) is 8.97. The number of nitrogens with one attached hydrogen (secondary N) is 2.